The Balaban J connectivity index is 0. The van der Waals surface area contributed by atoms with Gasteiger partial charge in [-0.2, -0.15) is 0 Å². The standard InChI is InChI=1S/C6H7NO.2C2H6/c1-5-2-3-7-4-6(5)8;2*1-2/h2-4,8H,1H3;2*1-2H3. The van der Waals surface area contributed by atoms with Crippen molar-refractivity contribution in [3.05, 3.63) is 24.0 Å². The van der Waals surface area contributed by atoms with Crippen molar-refractivity contribution in [2.75, 3.05) is 0 Å². The highest BCUT2D eigenvalue weighted by Gasteiger charge is 1.88. The van der Waals surface area contributed by atoms with E-state index in [1.54, 1.807) is 12.3 Å². The third-order valence-corrected chi connectivity index (χ3v) is 1.01. The normalized spacial score (nSPS) is 7.08. The molecule has 0 unspecified atom stereocenters. The molecule has 1 aromatic rings. The van der Waals surface area contributed by atoms with Gasteiger partial charge in [0.15, 0.2) is 0 Å². The first kappa shape index (κ1) is 13.5. The summed E-state index contributed by atoms with van der Waals surface area (Å²) in [7, 11) is 0. The Kier molecular flexibility index (Phi) is 11.2. The molecular weight excluding hydrogens is 150 g/mol. The topological polar surface area (TPSA) is 33.1 Å². The van der Waals surface area contributed by atoms with Gasteiger partial charge in [0, 0.05) is 6.20 Å². The smallest absolute Gasteiger partial charge is 0.136 e. The number of rotatable bonds is 0. The molecule has 1 aromatic heterocycles. The summed E-state index contributed by atoms with van der Waals surface area (Å²) in [6.45, 7) is 9.83. The molecule has 0 aliphatic carbocycles. The predicted octanol–water partition coefficient (Wildman–Crippen LogP) is 3.15. The van der Waals surface area contributed by atoms with Gasteiger partial charge in [-0.3, -0.25) is 4.98 Å². The van der Waals surface area contributed by atoms with E-state index in [0.717, 1.165) is 5.56 Å². The highest BCUT2D eigenvalue weighted by molar-refractivity contribution is 5.25. The molecule has 0 saturated carbocycles. The number of hydrogen-bond acceptors (Lipinski definition) is 2. The van der Waals surface area contributed by atoms with E-state index in [0.29, 0.717) is 0 Å². The van der Waals surface area contributed by atoms with Crippen LogP contribution in [-0.4, -0.2) is 10.1 Å². The molecule has 0 aliphatic rings. The second kappa shape index (κ2) is 9.95. The van der Waals surface area contributed by atoms with Gasteiger partial charge < -0.3 is 5.11 Å². The van der Waals surface area contributed by atoms with E-state index in [1.165, 1.54) is 6.20 Å². The van der Waals surface area contributed by atoms with Crippen LogP contribution >= 0.6 is 0 Å². The molecule has 70 valence electrons. The second-order valence-corrected chi connectivity index (χ2v) is 1.66. The van der Waals surface area contributed by atoms with Crippen molar-refractivity contribution in [1.82, 2.24) is 4.98 Å². The zero-order valence-electron chi connectivity index (χ0n) is 8.63. The fourth-order valence-electron chi connectivity index (χ4n) is 0.456. The monoisotopic (exact) mass is 169 g/mol. The van der Waals surface area contributed by atoms with Gasteiger partial charge in [-0.05, 0) is 18.6 Å². The molecule has 12 heavy (non-hydrogen) atoms. The fourth-order valence-corrected chi connectivity index (χ4v) is 0.456. The van der Waals surface area contributed by atoms with Gasteiger partial charge in [0.1, 0.15) is 5.75 Å². The second-order valence-electron chi connectivity index (χ2n) is 1.66. The Bertz CT molecular complexity index is 166. The summed E-state index contributed by atoms with van der Waals surface area (Å²) in [6.07, 6.45) is 3.07. The van der Waals surface area contributed by atoms with Crippen LogP contribution in [0.5, 0.6) is 5.75 Å². The van der Waals surface area contributed by atoms with Crippen LogP contribution in [0, 0.1) is 6.92 Å². The van der Waals surface area contributed by atoms with E-state index in [-0.39, 0.29) is 5.75 Å². The van der Waals surface area contributed by atoms with Crippen molar-refractivity contribution >= 4 is 0 Å². The molecule has 1 N–H and O–H groups in total. The molecule has 0 atom stereocenters. The Morgan fingerprint density at radius 3 is 1.92 bits per heavy atom. The van der Waals surface area contributed by atoms with E-state index in [4.69, 9.17) is 5.11 Å². The van der Waals surface area contributed by atoms with Crippen molar-refractivity contribution < 1.29 is 5.11 Å². The lowest BCUT2D eigenvalue weighted by molar-refractivity contribution is 0.468. The highest BCUT2D eigenvalue weighted by atomic mass is 16.3. The SMILES string of the molecule is CC.CC.Cc1ccncc1O. The molecule has 1 heterocycles. The van der Waals surface area contributed by atoms with Crippen LogP contribution in [0.2, 0.25) is 0 Å². The number of nitrogens with zero attached hydrogens (tertiary/aromatic N) is 1. The Labute approximate surface area is 75.3 Å². The zero-order chi connectivity index (χ0) is 9.98. The lowest BCUT2D eigenvalue weighted by atomic mass is 10.3. The van der Waals surface area contributed by atoms with Gasteiger partial charge in [-0.15, -0.1) is 0 Å². The van der Waals surface area contributed by atoms with E-state index < -0.39 is 0 Å². The fraction of sp³-hybridized carbons (Fsp3) is 0.500. The molecule has 0 radical (unpaired) electrons. The summed E-state index contributed by atoms with van der Waals surface area (Å²) in [5.74, 6) is 0.257. The number of pyridine rings is 1. The number of aryl methyl sites for hydroxylation is 1. The van der Waals surface area contributed by atoms with Gasteiger partial charge >= 0.3 is 0 Å². The first-order valence-electron chi connectivity index (χ1n) is 4.40. The van der Waals surface area contributed by atoms with Crippen LogP contribution in [0.4, 0.5) is 0 Å². The summed E-state index contributed by atoms with van der Waals surface area (Å²) in [4.78, 5) is 3.70. The lowest BCUT2D eigenvalue weighted by Crippen LogP contribution is -1.73. The van der Waals surface area contributed by atoms with E-state index in [2.05, 4.69) is 4.98 Å². The lowest BCUT2D eigenvalue weighted by Gasteiger charge is -1.91. The van der Waals surface area contributed by atoms with Crippen LogP contribution in [0.15, 0.2) is 18.5 Å². The van der Waals surface area contributed by atoms with Crippen LogP contribution in [0.3, 0.4) is 0 Å². The summed E-state index contributed by atoms with van der Waals surface area (Å²) >= 11 is 0. The molecule has 0 aromatic carbocycles. The molecule has 0 bridgehead atoms. The average Bonchev–Trinajstić information content (AvgIpc) is 2.17. The quantitative estimate of drug-likeness (QED) is 0.647. The van der Waals surface area contributed by atoms with Crippen molar-refractivity contribution in [3.8, 4) is 5.75 Å². The largest absolute Gasteiger partial charge is 0.506 e. The van der Waals surface area contributed by atoms with Crippen molar-refractivity contribution in [3.63, 3.8) is 0 Å². The van der Waals surface area contributed by atoms with Crippen molar-refractivity contribution in [2.24, 2.45) is 0 Å². The molecule has 2 nitrogen and oxygen atoms in total. The Morgan fingerprint density at radius 2 is 1.67 bits per heavy atom. The van der Waals surface area contributed by atoms with Gasteiger partial charge in [-0.1, -0.05) is 27.7 Å². The predicted molar refractivity (Wildman–Crippen MR) is 53.3 cm³/mol. The van der Waals surface area contributed by atoms with Gasteiger partial charge in [0.25, 0.3) is 0 Å². The van der Waals surface area contributed by atoms with Crippen LogP contribution < -0.4 is 0 Å². The van der Waals surface area contributed by atoms with Gasteiger partial charge in [0.2, 0.25) is 0 Å². The molecule has 0 saturated heterocycles. The molecule has 2 heteroatoms. The molecule has 0 spiro atoms. The third-order valence-electron chi connectivity index (χ3n) is 1.01. The van der Waals surface area contributed by atoms with Crippen molar-refractivity contribution in [1.29, 1.82) is 0 Å². The van der Waals surface area contributed by atoms with E-state index >= 15 is 0 Å². The summed E-state index contributed by atoms with van der Waals surface area (Å²) < 4.78 is 0. The Morgan fingerprint density at radius 1 is 1.17 bits per heavy atom. The highest BCUT2D eigenvalue weighted by Crippen LogP contribution is 2.10. The molecule has 0 aliphatic heterocycles. The summed E-state index contributed by atoms with van der Waals surface area (Å²) in [5, 5.41) is 8.86. The van der Waals surface area contributed by atoms with E-state index in [9.17, 15) is 0 Å². The van der Waals surface area contributed by atoms with Crippen LogP contribution in [-0.2, 0) is 0 Å². The third kappa shape index (κ3) is 5.71. The van der Waals surface area contributed by atoms with Gasteiger partial charge in [0.05, 0.1) is 6.20 Å². The maximum atomic E-state index is 8.86. The van der Waals surface area contributed by atoms with Crippen LogP contribution in [0.25, 0.3) is 0 Å². The first-order valence-corrected chi connectivity index (χ1v) is 4.40. The number of hydrogen-bond donors (Lipinski definition) is 1. The minimum absolute atomic E-state index is 0.257. The van der Waals surface area contributed by atoms with Crippen molar-refractivity contribution in [2.45, 2.75) is 34.6 Å². The molecule has 1 rings (SSSR count). The maximum Gasteiger partial charge on any atom is 0.136 e. The van der Waals surface area contributed by atoms with Gasteiger partial charge in [-0.25, -0.2) is 0 Å². The average molecular weight is 169 g/mol. The summed E-state index contributed by atoms with van der Waals surface area (Å²) in [5.41, 5.74) is 0.861. The number of aromatic hydroxyl groups is 1. The minimum Gasteiger partial charge on any atom is -0.506 e. The molecular formula is C10H19NO. The number of aromatic nitrogens is 1. The summed E-state index contributed by atoms with van der Waals surface area (Å²) in [6, 6.07) is 1.76. The zero-order valence-corrected chi connectivity index (χ0v) is 8.63. The Hall–Kier alpha value is -1.05. The first-order chi connectivity index (χ1) is 5.80. The maximum absolute atomic E-state index is 8.86. The van der Waals surface area contributed by atoms with Crippen LogP contribution in [0.1, 0.15) is 33.3 Å². The minimum atomic E-state index is 0.257. The van der Waals surface area contributed by atoms with E-state index in [1.807, 2.05) is 34.6 Å². The molecule has 0 fully saturated rings. The molecule has 0 amide bonds.